The molecule has 1 N–H and O–H groups in total. The third-order valence-corrected chi connectivity index (χ3v) is 20.7. The van der Waals surface area contributed by atoms with Gasteiger partial charge in [-0.1, -0.05) is 91.3 Å². The van der Waals surface area contributed by atoms with Gasteiger partial charge in [0.25, 0.3) is 11.8 Å². The highest BCUT2D eigenvalue weighted by molar-refractivity contribution is 5.97. The number of hydrogen-bond acceptors (Lipinski definition) is 11. The molecule has 0 unspecified atom stereocenters. The molecule has 5 amide bonds. The fourth-order valence-corrected chi connectivity index (χ4v) is 14.7. The number of likely N-dealkylation sites (tertiary alicyclic amines) is 2. The molecule has 4 heterocycles. The van der Waals surface area contributed by atoms with Crippen LogP contribution in [-0.2, 0) is 60.0 Å². The molecule has 0 aromatic heterocycles. The van der Waals surface area contributed by atoms with E-state index in [0.717, 1.165) is 91.1 Å². The fourth-order valence-electron chi connectivity index (χ4n) is 14.7. The first kappa shape index (κ1) is 80.2. The molecule has 1 aliphatic carbocycles. The minimum Gasteiger partial charge on any atom is -0.446 e. The zero-order valence-corrected chi connectivity index (χ0v) is 60.0. The largest absolute Gasteiger partial charge is 0.446 e. The molecule has 0 saturated carbocycles. The van der Waals surface area contributed by atoms with Crippen LogP contribution in [0.15, 0.2) is 140 Å². The molecule has 16 nitrogen and oxygen atoms in total. The van der Waals surface area contributed by atoms with Crippen LogP contribution in [0, 0.1) is 5.82 Å². The van der Waals surface area contributed by atoms with Gasteiger partial charge in [0.2, 0.25) is 11.8 Å². The summed E-state index contributed by atoms with van der Waals surface area (Å²) in [5.41, 5.74) is 2.52. The number of carbonyl (C=O) groups excluding carboxylic acids is 5. The number of anilines is 2. The van der Waals surface area contributed by atoms with Crippen LogP contribution < -0.4 is 10.2 Å². The molecule has 5 aliphatic rings. The summed E-state index contributed by atoms with van der Waals surface area (Å²) in [6.07, 6.45) is -3.15. The molecule has 3 saturated heterocycles. The van der Waals surface area contributed by atoms with E-state index >= 15 is 0 Å². The number of carbonyl (C=O) groups is 5. The number of halogens is 10. The third-order valence-electron chi connectivity index (χ3n) is 20.7. The van der Waals surface area contributed by atoms with Crippen LogP contribution in [0.3, 0.4) is 0 Å². The van der Waals surface area contributed by atoms with Gasteiger partial charge in [-0.05, 0) is 160 Å². The van der Waals surface area contributed by atoms with Gasteiger partial charge >= 0.3 is 18.4 Å². The summed E-state index contributed by atoms with van der Waals surface area (Å²) in [5.74, 6) is -1.68. The van der Waals surface area contributed by atoms with Gasteiger partial charge < -0.3 is 48.5 Å². The van der Waals surface area contributed by atoms with Crippen molar-refractivity contribution >= 4 is 78.3 Å². The van der Waals surface area contributed by atoms with Crippen LogP contribution in [0.25, 0.3) is 11.1 Å². The van der Waals surface area contributed by atoms with E-state index in [-0.39, 0.29) is 92.8 Å². The van der Waals surface area contributed by atoms with Gasteiger partial charge in [-0.2, -0.15) is 26.3 Å². The number of unbranched alkanes of at least 4 members (excludes halogenated alkanes) is 2. The number of hydrogen-bond donors (Lipinski definition) is 1. The van der Waals surface area contributed by atoms with Gasteiger partial charge in [-0.3, -0.25) is 24.5 Å². The Morgan fingerprint density at radius 1 is 0.647 bits per heavy atom. The van der Waals surface area contributed by atoms with E-state index in [0.29, 0.717) is 113 Å². The number of likely N-dealkylation sites (N-methyl/N-ethyl adjacent to an activating group) is 2. The van der Waals surface area contributed by atoms with E-state index < -0.39 is 64.6 Å². The summed E-state index contributed by atoms with van der Waals surface area (Å²) in [5, 5.41) is 2.94. The van der Waals surface area contributed by atoms with Gasteiger partial charge in [0.05, 0.1) is 29.5 Å². The second kappa shape index (κ2) is 35.3. The third kappa shape index (κ3) is 19.5. The summed E-state index contributed by atoms with van der Waals surface area (Å²) in [6.45, 7) is 6.12. The molecule has 0 bridgehead atoms. The molecule has 3 fully saturated rings. The van der Waals surface area contributed by atoms with E-state index in [2.05, 4.69) is 38.2 Å². The highest BCUT2D eigenvalue weighted by Crippen LogP contribution is 2.49. The van der Waals surface area contributed by atoms with Crippen LogP contribution in [0.4, 0.5) is 46.9 Å². The fraction of sp³-hybridized carbons (Fsp3) is 0.461. The summed E-state index contributed by atoms with van der Waals surface area (Å²) >= 11 is 0. The lowest BCUT2D eigenvalue weighted by Crippen LogP contribution is -2.50. The average Bonchev–Trinajstić information content (AvgIpc) is 1.59. The molecule has 6 aromatic carbocycles. The standard InChI is InChI=1S/C76H87F7N8O8.3ClH/c1-85(34-13-5-8-21-68(92)87(3)43-44-88-37-29-62(30-38-88)99-72(96)84-66-20-12-10-18-63(66)53-15-6-4-7-16-53)61-26-27-64-54(47-61)28-39-90(71(64)95)36-14-35-86(2)69(93)50-97-67-48-55-17-9-11-19-65(55)73(67)31-40-89(41-32-73)42-33-74(57-22-24-60(77)25-23-57)51-91(52-98-74)70(94)56-45-58(75(78,79)80)49-59(46-56)76(81,82)83;;;/h4,6-7,9-12,15-20,22-27,45-47,49,62,67H,5,8,13-14,21,28-44,48,50-52H2,1-3H3,(H,84,96);3*1H/t67-,74-;;;/m0.../s1. The Kier molecular flexibility index (Phi) is 27.8. The van der Waals surface area contributed by atoms with Crippen molar-refractivity contribution in [1.82, 2.24) is 29.4 Å². The first-order valence-corrected chi connectivity index (χ1v) is 34.3. The Balaban J connectivity index is 0.00000440. The number of alkyl halides is 6. The number of para-hydroxylation sites is 1. The van der Waals surface area contributed by atoms with Gasteiger partial charge in [0, 0.05) is 114 Å². The molecule has 2 atom stereocenters. The molecule has 26 heteroatoms. The Hall–Kier alpha value is -7.51. The van der Waals surface area contributed by atoms with Crippen LogP contribution in [-0.4, -0.2) is 184 Å². The van der Waals surface area contributed by atoms with Crippen molar-refractivity contribution < 1.29 is 68.9 Å². The second-order valence-electron chi connectivity index (χ2n) is 27.1. The van der Waals surface area contributed by atoms with Crippen molar-refractivity contribution in [2.45, 2.75) is 113 Å². The number of ether oxygens (including phenoxy) is 3. The van der Waals surface area contributed by atoms with Crippen LogP contribution >= 0.6 is 37.2 Å². The van der Waals surface area contributed by atoms with E-state index in [1.54, 1.807) is 11.9 Å². The Bertz CT molecular complexity index is 3790. The average molecular weight is 1480 g/mol. The Labute approximate surface area is 610 Å². The highest BCUT2D eigenvalue weighted by atomic mass is 35.5. The summed E-state index contributed by atoms with van der Waals surface area (Å²) < 4.78 is 116. The van der Waals surface area contributed by atoms with Crippen molar-refractivity contribution in [2.24, 2.45) is 0 Å². The molecule has 552 valence electrons. The Morgan fingerprint density at radius 3 is 2.01 bits per heavy atom. The van der Waals surface area contributed by atoms with Crippen molar-refractivity contribution in [2.75, 3.05) is 123 Å². The normalized spacial score (nSPS) is 18.3. The number of piperidine rings is 2. The molecule has 1 spiro atoms. The van der Waals surface area contributed by atoms with E-state index in [4.69, 9.17) is 14.2 Å². The van der Waals surface area contributed by atoms with Crippen LogP contribution in [0.1, 0.15) is 118 Å². The SMILES string of the molecule is CN(CCN1CCC(OC(=O)Nc2ccccc2-c2ccccc2)CC1)C(=O)CCCCCN(C)c1ccc2c(c1)CCN(CCCN(C)C(=O)CO[C@H]1Cc3ccccc3C13CCN(CC[C@@]1(c4ccc(F)cc4)CN(C(=O)c4cc(C(F)(F)F)cc(C(F)(F)F)c4)CO1)CC3)C2=O.Cl.Cl.Cl. The number of rotatable bonds is 25. The van der Waals surface area contributed by atoms with E-state index in [1.807, 2.05) is 103 Å². The summed E-state index contributed by atoms with van der Waals surface area (Å²) in [7, 11) is 5.65. The van der Waals surface area contributed by atoms with E-state index in [9.17, 15) is 54.7 Å². The lowest BCUT2D eigenvalue weighted by atomic mass is 9.72. The molecular formula is C76H90Cl3F7N8O8. The summed E-state index contributed by atoms with van der Waals surface area (Å²) in [4.78, 5) is 80.5. The zero-order valence-electron chi connectivity index (χ0n) is 57.6. The lowest BCUT2D eigenvalue weighted by molar-refractivity contribution is -0.143. The first-order chi connectivity index (χ1) is 47.4. The van der Waals surface area contributed by atoms with Crippen molar-refractivity contribution in [1.29, 1.82) is 0 Å². The van der Waals surface area contributed by atoms with Crippen molar-refractivity contribution in [3.8, 4) is 11.1 Å². The zero-order chi connectivity index (χ0) is 70.1. The molecular weight excluding hydrogens is 1390 g/mol. The van der Waals surface area contributed by atoms with Gasteiger partial charge in [-0.15, -0.1) is 37.2 Å². The maximum Gasteiger partial charge on any atom is 0.416 e. The number of benzene rings is 6. The minimum absolute atomic E-state index is 0. The number of nitrogens with one attached hydrogen (secondary N) is 1. The maximum atomic E-state index is 14.3. The number of fused-ring (bicyclic) bond motifs is 3. The molecule has 4 aliphatic heterocycles. The van der Waals surface area contributed by atoms with Gasteiger partial charge in [0.1, 0.15) is 30.9 Å². The van der Waals surface area contributed by atoms with Crippen molar-refractivity contribution in [3.05, 3.63) is 190 Å². The summed E-state index contributed by atoms with van der Waals surface area (Å²) in [6, 6.07) is 38.0. The smallest absolute Gasteiger partial charge is 0.416 e. The monoisotopic (exact) mass is 1480 g/mol. The van der Waals surface area contributed by atoms with Gasteiger partial charge in [0.15, 0.2) is 0 Å². The predicted molar refractivity (Wildman–Crippen MR) is 384 cm³/mol. The second-order valence-corrected chi connectivity index (χ2v) is 27.1. The maximum absolute atomic E-state index is 14.3. The molecule has 0 radical (unpaired) electrons. The Morgan fingerprint density at radius 2 is 1.30 bits per heavy atom. The van der Waals surface area contributed by atoms with E-state index in [1.165, 1.54) is 29.8 Å². The molecule has 11 rings (SSSR count). The topological polar surface area (TPSA) is 148 Å². The van der Waals surface area contributed by atoms with Crippen molar-refractivity contribution in [3.63, 3.8) is 0 Å². The highest BCUT2D eigenvalue weighted by Gasteiger charge is 2.50. The van der Waals surface area contributed by atoms with Gasteiger partial charge in [-0.25, -0.2) is 9.18 Å². The predicted octanol–water partition coefficient (Wildman–Crippen LogP) is 14.2. The molecule has 102 heavy (non-hydrogen) atoms. The number of nitrogens with zero attached hydrogens (tertiary/aromatic N) is 7. The van der Waals surface area contributed by atoms with Crippen LogP contribution in [0.2, 0.25) is 0 Å². The lowest BCUT2D eigenvalue weighted by Gasteiger charge is -2.44. The first-order valence-electron chi connectivity index (χ1n) is 34.3. The molecule has 6 aromatic rings. The van der Waals surface area contributed by atoms with Crippen LogP contribution in [0.5, 0.6) is 0 Å². The number of amides is 5. The quantitative estimate of drug-likeness (QED) is 0.0431. The minimum atomic E-state index is -5.15.